The molecule has 0 aromatic heterocycles. The summed E-state index contributed by atoms with van der Waals surface area (Å²) >= 11 is 5.95. The third-order valence-electron chi connectivity index (χ3n) is 3.74. The minimum atomic E-state index is -0.577. The van der Waals surface area contributed by atoms with Crippen LogP contribution in [0.3, 0.4) is 0 Å². The summed E-state index contributed by atoms with van der Waals surface area (Å²) in [6.45, 7) is 3.91. The lowest BCUT2D eigenvalue weighted by molar-refractivity contribution is 0.0999. The van der Waals surface area contributed by atoms with E-state index < -0.39 is 11.5 Å². The SMILES string of the molecule is CC(C)(c1ccc(F)cc1)C(O)Cc1cccc(Cl)c1. The third kappa shape index (κ3) is 3.38. The average Bonchev–Trinajstić information content (AvgIpc) is 2.39. The summed E-state index contributed by atoms with van der Waals surface area (Å²) in [5.74, 6) is -0.270. The van der Waals surface area contributed by atoms with Crippen molar-refractivity contribution in [2.75, 3.05) is 0 Å². The van der Waals surface area contributed by atoms with Gasteiger partial charge in [0.25, 0.3) is 0 Å². The fourth-order valence-electron chi connectivity index (χ4n) is 2.21. The van der Waals surface area contributed by atoms with Crippen LogP contribution < -0.4 is 0 Å². The highest BCUT2D eigenvalue weighted by Gasteiger charge is 2.29. The normalized spacial score (nSPS) is 13.2. The molecule has 1 N–H and O–H groups in total. The van der Waals surface area contributed by atoms with Crippen molar-refractivity contribution < 1.29 is 9.50 Å². The van der Waals surface area contributed by atoms with Crippen molar-refractivity contribution in [1.29, 1.82) is 0 Å². The maximum atomic E-state index is 13.0. The molecule has 0 amide bonds. The Labute approximate surface area is 124 Å². The molecule has 0 saturated carbocycles. The van der Waals surface area contributed by atoms with Crippen LogP contribution in [0.5, 0.6) is 0 Å². The Morgan fingerprint density at radius 2 is 1.80 bits per heavy atom. The molecular formula is C17H18ClFO. The van der Waals surface area contributed by atoms with E-state index in [1.165, 1.54) is 12.1 Å². The quantitative estimate of drug-likeness (QED) is 0.888. The van der Waals surface area contributed by atoms with Crippen LogP contribution in [0.15, 0.2) is 48.5 Å². The van der Waals surface area contributed by atoms with E-state index in [-0.39, 0.29) is 5.82 Å². The van der Waals surface area contributed by atoms with Gasteiger partial charge in [0.1, 0.15) is 5.82 Å². The zero-order valence-electron chi connectivity index (χ0n) is 11.6. The molecule has 0 fully saturated rings. The smallest absolute Gasteiger partial charge is 0.123 e. The highest BCUT2D eigenvalue weighted by atomic mass is 35.5. The number of benzene rings is 2. The van der Waals surface area contributed by atoms with Gasteiger partial charge in [0.05, 0.1) is 6.10 Å². The van der Waals surface area contributed by atoms with Crippen molar-refractivity contribution in [2.24, 2.45) is 0 Å². The number of halogens is 2. The Bertz CT molecular complexity index is 578. The van der Waals surface area contributed by atoms with Crippen molar-refractivity contribution in [3.05, 3.63) is 70.5 Å². The Morgan fingerprint density at radius 3 is 2.40 bits per heavy atom. The second-order valence-electron chi connectivity index (χ2n) is 5.58. The molecule has 0 bridgehead atoms. The van der Waals surface area contributed by atoms with Crippen LogP contribution in [0.1, 0.15) is 25.0 Å². The van der Waals surface area contributed by atoms with Gasteiger partial charge < -0.3 is 5.11 Å². The summed E-state index contributed by atoms with van der Waals surface area (Å²) in [5.41, 5.74) is 1.43. The summed E-state index contributed by atoms with van der Waals surface area (Å²) < 4.78 is 13.0. The second-order valence-corrected chi connectivity index (χ2v) is 6.01. The number of rotatable bonds is 4. The van der Waals surface area contributed by atoms with Crippen LogP contribution in [0.2, 0.25) is 5.02 Å². The summed E-state index contributed by atoms with van der Waals surface area (Å²) in [6.07, 6.45) is -0.0725. The first-order chi connectivity index (χ1) is 9.39. The second kappa shape index (κ2) is 5.94. The first kappa shape index (κ1) is 15.0. The van der Waals surface area contributed by atoms with E-state index in [0.29, 0.717) is 11.4 Å². The highest BCUT2D eigenvalue weighted by Crippen LogP contribution is 2.29. The van der Waals surface area contributed by atoms with Crippen molar-refractivity contribution in [3.8, 4) is 0 Å². The van der Waals surface area contributed by atoms with Gasteiger partial charge in [0, 0.05) is 10.4 Å². The van der Waals surface area contributed by atoms with Crippen LogP contribution in [0.25, 0.3) is 0 Å². The predicted octanol–water partition coefficient (Wildman–Crippen LogP) is 4.36. The first-order valence-corrected chi connectivity index (χ1v) is 6.96. The molecule has 0 radical (unpaired) electrons. The molecule has 0 saturated heterocycles. The van der Waals surface area contributed by atoms with Gasteiger partial charge in [-0.3, -0.25) is 0 Å². The summed E-state index contributed by atoms with van der Waals surface area (Å²) in [4.78, 5) is 0. The fraction of sp³-hybridized carbons (Fsp3) is 0.294. The molecule has 0 aliphatic heterocycles. The van der Waals surface area contributed by atoms with Crippen LogP contribution in [-0.4, -0.2) is 11.2 Å². The Balaban J connectivity index is 2.18. The van der Waals surface area contributed by atoms with Crippen LogP contribution >= 0.6 is 11.6 Å². The topological polar surface area (TPSA) is 20.2 Å². The van der Waals surface area contributed by atoms with Crippen LogP contribution in [-0.2, 0) is 11.8 Å². The van der Waals surface area contributed by atoms with Gasteiger partial charge in [0.15, 0.2) is 0 Å². The maximum Gasteiger partial charge on any atom is 0.123 e. The van der Waals surface area contributed by atoms with E-state index in [4.69, 9.17) is 11.6 Å². The maximum absolute atomic E-state index is 13.0. The number of aliphatic hydroxyl groups excluding tert-OH is 1. The minimum Gasteiger partial charge on any atom is -0.392 e. The molecule has 0 aliphatic carbocycles. The van der Waals surface area contributed by atoms with Crippen LogP contribution in [0.4, 0.5) is 4.39 Å². The molecule has 0 spiro atoms. The van der Waals surface area contributed by atoms with Crippen molar-refractivity contribution in [2.45, 2.75) is 31.8 Å². The number of hydrogen-bond donors (Lipinski definition) is 1. The Hall–Kier alpha value is -1.38. The standard InChI is InChI=1S/C17H18ClFO/c1-17(2,13-6-8-15(19)9-7-13)16(20)11-12-4-3-5-14(18)10-12/h3-10,16,20H,11H2,1-2H3. The van der Waals surface area contributed by atoms with Gasteiger partial charge in [-0.25, -0.2) is 4.39 Å². The van der Waals surface area contributed by atoms with Gasteiger partial charge in [-0.1, -0.05) is 49.7 Å². The molecule has 2 aromatic carbocycles. The van der Waals surface area contributed by atoms with E-state index in [0.717, 1.165) is 11.1 Å². The van der Waals surface area contributed by atoms with Gasteiger partial charge in [-0.2, -0.15) is 0 Å². The monoisotopic (exact) mass is 292 g/mol. The molecule has 20 heavy (non-hydrogen) atoms. The zero-order valence-corrected chi connectivity index (χ0v) is 12.4. The van der Waals surface area contributed by atoms with E-state index in [1.807, 2.05) is 38.1 Å². The molecule has 1 nitrogen and oxygen atoms in total. The van der Waals surface area contributed by atoms with E-state index in [2.05, 4.69) is 0 Å². The molecule has 2 aromatic rings. The van der Waals surface area contributed by atoms with Crippen LogP contribution in [0, 0.1) is 5.82 Å². The van der Waals surface area contributed by atoms with E-state index in [1.54, 1.807) is 12.1 Å². The lowest BCUT2D eigenvalue weighted by Crippen LogP contribution is -2.35. The highest BCUT2D eigenvalue weighted by molar-refractivity contribution is 6.30. The van der Waals surface area contributed by atoms with Gasteiger partial charge in [-0.15, -0.1) is 0 Å². The zero-order chi connectivity index (χ0) is 14.8. The molecule has 0 aliphatic rings. The molecule has 1 atom stereocenters. The predicted molar refractivity (Wildman–Crippen MR) is 80.6 cm³/mol. The molecule has 106 valence electrons. The summed E-state index contributed by atoms with van der Waals surface area (Å²) in [6, 6.07) is 13.7. The van der Waals surface area contributed by atoms with Crippen molar-refractivity contribution in [3.63, 3.8) is 0 Å². The molecule has 0 heterocycles. The fourth-order valence-corrected chi connectivity index (χ4v) is 2.43. The molecule has 1 unspecified atom stereocenters. The molecule has 3 heteroatoms. The largest absolute Gasteiger partial charge is 0.392 e. The van der Waals surface area contributed by atoms with Gasteiger partial charge in [0.2, 0.25) is 0 Å². The first-order valence-electron chi connectivity index (χ1n) is 6.58. The Morgan fingerprint density at radius 1 is 1.15 bits per heavy atom. The molecular weight excluding hydrogens is 275 g/mol. The summed E-state index contributed by atoms with van der Waals surface area (Å²) in [7, 11) is 0. The van der Waals surface area contributed by atoms with Crippen molar-refractivity contribution >= 4 is 11.6 Å². The summed E-state index contributed by atoms with van der Waals surface area (Å²) in [5, 5.41) is 11.2. The van der Waals surface area contributed by atoms with Gasteiger partial charge >= 0.3 is 0 Å². The number of hydrogen-bond acceptors (Lipinski definition) is 1. The molecule has 2 rings (SSSR count). The minimum absolute atomic E-state index is 0.270. The Kier molecular flexibility index (Phi) is 4.46. The van der Waals surface area contributed by atoms with E-state index >= 15 is 0 Å². The van der Waals surface area contributed by atoms with E-state index in [9.17, 15) is 9.50 Å². The van der Waals surface area contributed by atoms with Gasteiger partial charge in [-0.05, 0) is 41.8 Å². The van der Waals surface area contributed by atoms with Crippen molar-refractivity contribution in [1.82, 2.24) is 0 Å². The lowest BCUT2D eigenvalue weighted by Gasteiger charge is -2.31. The average molecular weight is 293 g/mol. The number of aliphatic hydroxyl groups is 1. The lowest BCUT2D eigenvalue weighted by atomic mass is 9.77. The third-order valence-corrected chi connectivity index (χ3v) is 3.97.